The van der Waals surface area contributed by atoms with Gasteiger partial charge in [0.1, 0.15) is 16.8 Å². The first-order valence-electron chi connectivity index (χ1n) is 17.0. The van der Waals surface area contributed by atoms with Crippen LogP contribution in [-0.2, 0) is 28.6 Å². The number of hydrogen-bond acceptors (Lipinski definition) is 3. The van der Waals surface area contributed by atoms with Crippen LogP contribution in [0.5, 0.6) is 0 Å². The number of aliphatic imine (C=N–C) groups is 1. The van der Waals surface area contributed by atoms with Gasteiger partial charge in [-0.3, -0.25) is 9.79 Å². The Morgan fingerprint density at radius 3 is 2.38 bits per heavy atom. The van der Waals surface area contributed by atoms with E-state index in [2.05, 4.69) is 41.8 Å². The lowest BCUT2D eigenvalue weighted by molar-refractivity contribution is -0.118. The molecule has 7 heteroatoms. The van der Waals surface area contributed by atoms with Crippen LogP contribution in [0.3, 0.4) is 0 Å². The van der Waals surface area contributed by atoms with Gasteiger partial charge in [-0.15, -0.1) is 0 Å². The molecule has 0 spiro atoms. The fraction of sp³-hybridized carbons (Fsp3) is 0.400. The van der Waals surface area contributed by atoms with Crippen molar-refractivity contribution in [1.29, 1.82) is 0 Å². The molecule has 0 saturated heterocycles. The van der Waals surface area contributed by atoms with E-state index in [9.17, 15) is 13.4 Å². The third-order valence-corrected chi connectivity index (χ3v) is 8.79. The Hall–Kier alpha value is -3.68. The molecule has 0 saturated carbocycles. The zero-order valence-electron chi connectivity index (χ0n) is 29.6. The molecule has 0 radical (unpaired) electrons. The van der Waals surface area contributed by atoms with E-state index in [1.807, 2.05) is 89.0 Å². The molecule has 47 heavy (non-hydrogen) atoms. The van der Waals surface area contributed by atoms with Crippen LogP contribution in [0.15, 0.2) is 106 Å². The van der Waals surface area contributed by atoms with E-state index in [1.54, 1.807) is 12.1 Å². The van der Waals surface area contributed by atoms with Gasteiger partial charge in [0.25, 0.3) is 0 Å². The normalized spacial score (nSPS) is 14.8. The van der Waals surface area contributed by atoms with E-state index in [0.717, 1.165) is 53.8 Å². The number of nitrogens with one attached hydrogen (secondary N) is 1. The fourth-order valence-corrected chi connectivity index (χ4v) is 6.21. The van der Waals surface area contributed by atoms with Crippen molar-refractivity contribution in [2.45, 2.75) is 105 Å². The van der Waals surface area contributed by atoms with E-state index in [-0.39, 0.29) is 11.9 Å². The number of carbonyl (C=O) groups excluding carboxylic acids is 1. The first-order chi connectivity index (χ1) is 22.7. The van der Waals surface area contributed by atoms with Crippen molar-refractivity contribution >= 4 is 28.3 Å². The summed E-state index contributed by atoms with van der Waals surface area (Å²) < 4.78 is 30.2. The van der Waals surface area contributed by atoms with E-state index in [0.29, 0.717) is 24.3 Å². The number of rotatable bonds is 12. The Morgan fingerprint density at radius 2 is 1.72 bits per heavy atom. The first kappa shape index (κ1) is 39.5. The second-order valence-corrected chi connectivity index (χ2v) is 12.5. The molecule has 0 aromatic heterocycles. The number of benzene rings is 3. The Balaban J connectivity index is 0.00000185. The quantitative estimate of drug-likeness (QED) is 0.155. The van der Waals surface area contributed by atoms with Gasteiger partial charge in [0.2, 0.25) is 5.91 Å². The summed E-state index contributed by atoms with van der Waals surface area (Å²) in [5, 5.41) is 0. The molecule has 3 aromatic carbocycles. The zero-order chi connectivity index (χ0) is 34.8. The molecule has 0 heterocycles. The maximum Gasteiger partial charge on any atom is 0.227 e. The molecule has 0 bridgehead atoms. The molecule has 4 rings (SSSR count). The van der Waals surface area contributed by atoms with Crippen molar-refractivity contribution in [3.63, 3.8) is 0 Å². The minimum atomic E-state index is -1.58. The molecule has 1 aliphatic carbocycles. The van der Waals surface area contributed by atoms with Crippen molar-refractivity contribution in [2.24, 2.45) is 4.99 Å². The molecule has 3 aromatic rings. The van der Waals surface area contributed by atoms with Crippen molar-refractivity contribution in [3.8, 4) is 0 Å². The topological polar surface area (TPSA) is 61.8 Å². The predicted octanol–water partition coefficient (Wildman–Crippen LogP) is 10.3. The van der Waals surface area contributed by atoms with Gasteiger partial charge >= 0.3 is 0 Å². The summed E-state index contributed by atoms with van der Waals surface area (Å²) in [6.45, 7) is 16.5. The minimum absolute atomic E-state index is 0.0260. The lowest BCUT2D eigenvalue weighted by Crippen LogP contribution is -2.33. The number of nitrogens with zero attached hydrogens (tertiary/aromatic N) is 2. The fourth-order valence-electron chi connectivity index (χ4n) is 5.15. The van der Waals surface area contributed by atoms with E-state index in [1.165, 1.54) is 23.3 Å². The van der Waals surface area contributed by atoms with Crippen LogP contribution < -0.4 is 9.62 Å². The minimum Gasteiger partial charge on any atom is -0.308 e. The third-order valence-electron chi connectivity index (χ3n) is 7.61. The average molecular weight is 660 g/mol. The Bertz CT molecular complexity index is 1530. The van der Waals surface area contributed by atoms with Gasteiger partial charge in [-0.25, -0.2) is 13.3 Å². The largest absolute Gasteiger partial charge is 0.308 e. The highest BCUT2D eigenvalue weighted by molar-refractivity contribution is 7.83. The van der Waals surface area contributed by atoms with E-state index < -0.39 is 16.8 Å². The summed E-state index contributed by atoms with van der Waals surface area (Å²) in [5.74, 6) is -0.388. The van der Waals surface area contributed by atoms with Crippen LogP contribution in [-0.4, -0.2) is 22.4 Å². The Kier molecular flexibility index (Phi) is 17.9. The van der Waals surface area contributed by atoms with Gasteiger partial charge in [-0.05, 0) is 105 Å². The smallest absolute Gasteiger partial charge is 0.227 e. The van der Waals surface area contributed by atoms with Crippen LogP contribution in [0, 0.1) is 5.82 Å². The monoisotopic (exact) mass is 659 g/mol. The van der Waals surface area contributed by atoms with Crippen LogP contribution in [0.1, 0.15) is 104 Å². The van der Waals surface area contributed by atoms with Crippen LogP contribution in [0.25, 0.3) is 0 Å². The maximum atomic E-state index is 13.9. The number of fused-ring (bicyclic) bond motifs is 1. The molecule has 2 unspecified atom stereocenters. The number of amides is 1. The second-order valence-electron chi connectivity index (χ2n) is 11.3. The molecule has 0 aliphatic heterocycles. The molecular weight excluding hydrogens is 606 g/mol. The van der Waals surface area contributed by atoms with E-state index in [4.69, 9.17) is 0 Å². The maximum absolute atomic E-state index is 13.9. The summed E-state index contributed by atoms with van der Waals surface area (Å²) >= 11 is 0. The highest BCUT2D eigenvalue weighted by Crippen LogP contribution is 2.34. The van der Waals surface area contributed by atoms with Gasteiger partial charge in [0, 0.05) is 30.1 Å². The van der Waals surface area contributed by atoms with Crippen molar-refractivity contribution in [2.75, 3.05) is 11.4 Å². The molecule has 2 atom stereocenters. The second kappa shape index (κ2) is 21.2. The van der Waals surface area contributed by atoms with Gasteiger partial charge in [-0.1, -0.05) is 88.7 Å². The predicted molar refractivity (Wildman–Crippen MR) is 199 cm³/mol. The number of allylic oxidation sites excluding steroid dienone is 1. The molecule has 5 nitrogen and oxygen atoms in total. The molecule has 1 N–H and O–H groups in total. The van der Waals surface area contributed by atoms with Crippen LogP contribution in [0.4, 0.5) is 10.1 Å². The van der Waals surface area contributed by atoms with Crippen LogP contribution >= 0.6 is 0 Å². The SMILES string of the molecule is CC.CC.CCC(C)=C/C(=C\N=C(C)C)CN(C(=O)CCc1ccccc1)c1ccc2c(c1)C(NS(=O)c1cccc(F)c1)CCC2. The summed E-state index contributed by atoms with van der Waals surface area (Å²) in [4.78, 5) is 20.8. The number of hydrogen-bond donors (Lipinski definition) is 1. The molecule has 254 valence electrons. The standard InChI is InChI=1S/C36H42FN3O2S.2C2H6/c1-5-27(4)21-29(24-38-26(2)3)25-40(36(41)20-17-28-11-7-6-8-12-28)32-19-18-30-13-9-16-35(34(30)23-32)39-43(42)33-15-10-14-31(37)22-33;2*1-2/h6-8,10-12,14-15,18-19,21-24,35,39H,5,9,13,16-17,20,25H2,1-4H3;2*1-2H3/b27-21?,29-24+;;. The summed E-state index contributed by atoms with van der Waals surface area (Å²) in [6.07, 6.45) is 8.56. The number of aryl methyl sites for hydroxylation is 2. The van der Waals surface area contributed by atoms with E-state index >= 15 is 0 Å². The third kappa shape index (κ3) is 12.8. The average Bonchev–Trinajstić information content (AvgIpc) is 3.10. The molecular formula is C40H54FN3O2S. The lowest BCUT2D eigenvalue weighted by Gasteiger charge is -2.29. The summed E-state index contributed by atoms with van der Waals surface area (Å²) in [5.41, 5.74) is 7.22. The first-order valence-corrected chi connectivity index (χ1v) is 18.2. The number of anilines is 1. The van der Waals surface area contributed by atoms with Crippen molar-refractivity contribution < 1.29 is 13.4 Å². The highest BCUT2D eigenvalue weighted by atomic mass is 32.2. The van der Waals surface area contributed by atoms with Crippen LogP contribution in [0.2, 0.25) is 0 Å². The number of halogens is 1. The van der Waals surface area contributed by atoms with Crippen molar-refractivity contribution in [1.82, 2.24) is 4.72 Å². The van der Waals surface area contributed by atoms with Gasteiger partial charge in [-0.2, -0.15) is 0 Å². The summed E-state index contributed by atoms with van der Waals surface area (Å²) in [7, 11) is -1.58. The van der Waals surface area contributed by atoms with Gasteiger partial charge in [0.15, 0.2) is 0 Å². The van der Waals surface area contributed by atoms with Gasteiger partial charge < -0.3 is 4.90 Å². The molecule has 0 fully saturated rings. The Labute approximate surface area is 285 Å². The van der Waals surface area contributed by atoms with Gasteiger partial charge in [0.05, 0.1) is 11.4 Å². The zero-order valence-corrected chi connectivity index (χ0v) is 30.4. The lowest BCUT2D eigenvalue weighted by atomic mass is 9.87. The number of carbonyl (C=O) groups is 1. The Morgan fingerprint density at radius 1 is 1.00 bits per heavy atom. The summed E-state index contributed by atoms with van der Waals surface area (Å²) in [6, 6.07) is 21.9. The molecule has 1 aliphatic rings. The van der Waals surface area contributed by atoms with Crippen molar-refractivity contribution in [3.05, 3.63) is 119 Å². The molecule has 1 amide bonds. The highest BCUT2D eigenvalue weighted by Gasteiger charge is 2.25.